The third kappa shape index (κ3) is 8.35. The lowest BCUT2D eigenvalue weighted by atomic mass is 10.1. The van der Waals surface area contributed by atoms with Gasteiger partial charge in [-0.15, -0.1) is 0 Å². The van der Waals surface area contributed by atoms with Crippen LogP contribution in [0.2, 0.25) is 0 Å². The van der Waals surface area contributed by atoms with Crippen molar-refractivity contribution in [1.29, 1.82) is 0 Å². The van der Waals surface area contributed by atoms with Crippen LogP contribution < -0.4 is 5.32 Å². The maximum atomic E-state index is 11.2. The van der Waals surface area contributed by atoms with Crippen LogP contribution in [-0.4, -0.2) is 62.4 Å². The minimum absolute atomic E-state index is 0.101. The van der Waals surface area contributed by atoms with E-state index in [0.717, 1.165) is 0 Å². The molecule has 0 radical (unpaired) electrons. The fourth-order valence-corrected chi connectivity index (χ4v) is 1.31. The van der Waals surface area contributed by atoms with Crippen LogP contribution in [0.1, 0.15) is 13.3 Å². The van der Waals surface area contributed by atoms with Gasteiger partial charge in [-0.3, -0.25) is 4.79 Å². The minimum atomic E-state index is -0.897. The highest BCUT2D eigenvalue weighted by Crippen LogP contribution is 2.02. The quantitative estimate of drug-likeness (QED) is 0.602. The molecule has 0 aromatic rings. The number of hydrogen-bond acceptors (Lipinski definition) is 4. The molecule has 0 aromatic carbocycles. The molecule has 2 N–H and O–H groups in total. The summed E-state index contributed by atoms with van der Waals surface area (Å²) in [7, 11) is 5.30. The number of carbonyl (C=O) groups excluding carboxylic acids is 1. The molecule has 90 valence electrons. The van der Waals surface area contributed by atoms with Gasteiger partial charge in [0.2, 0.25) is 5.91 Å². The topological polar surface area (TPSA) is 61.8 Å². The SMILES string of the molecule is COCCC(=O)NCC(C)(O)CN(C)C. The van der Waals surface area contributed by atoms with Crippen molar-refractivity contribution in [3.05, 3.63) is 0 Å². The van der Waals surface area contributed by atoms with Crippen molar-refractivity contribution in [2.45, 2.75) is 18.9 Å². The maximum absolute atomic E-state index is 11.2. The second-order valence-corrected chi connectivity index (χ2v) is 4.25. The molecule has 0 aliphatic heterocycles. The Balaban J connectivity index is 3.77. The summed E-state index contributed by atoms with van der Waals surface area (Å²) in [6.07, 6.45) is 0.328. The molecule has 1 amide bonds. The lowest BCUT2D eigenvalue weighted by Crippen LogP contribution is -2.47. The molecule has 0 heterocycles. The standard InChI is InChI=1S/C10H22N2O3/c1-10(14,8-12(2)3)7-11-9(13)5-6-15-4/h14H,5-8H2,1-4H3,(H,11,13). The fourth-order valence-electron chi connectivity index (χ4n) is 1.31. The zero-order valence-corrected chi connectivity index (χ0v) is 10.0. The van der Waals surface area contributed by atoms with Crippen LogP contribution in [-0.2, 0) is 9.53 Å². The number of nitrogens with zero attached hydrogens (tertiary/aromatic N) is 1. The first-order chi connectivity index (χ1) is 6.87. The molecule has 0 saturated carbocycles. The van der Waals surface area contributed by atoms with Gasteiger partial charge in [0.25, 0.3) is 0 Å². The molecular weight excluding hydrogens is 196 g/mol. The van der Waals surface area contributed by atoms with Crippen molar-refractivity contribution < 1.29 is 14.6 Å². The Kier molecular flexibility index (Phi) is 6.47. The van der Waals surface area contributed by atoms with E-state index in [4.69, 9.17) is 4.74 Å². The first-order valence-corrected chi connectivity index (χ1v) is 5.00. The van der Waals surface area contributed by atoms with Gasteiger partial charge in [0, 0.05) is 26.6 Å². The molecule has 1 unspecified atom stereocenters. The number of methoxy groups -OCH3 is 1. The Bertz CT molecular complexity index is 193. The van der Waals surface area contributed by atoms with Crippen LogP contribution in [0.5, 0.6) is 0 Å². The van der Waals surface area contributed by atoms with Gasteiger partial charge in [-0.05, 0) is 21.0 Å². The third-order valence-electron chi connectivity index (χ3n) is 1.86. The van der Waals surface area contributed by atoms with Gasteiger partial charge < -0.3 is 20.1 Å². The number of rotatable bonds is 7. The molecule has 5 heteroatoms. The van der Waals surface area contributed by atoms with Crippen molar-refractivity contribution in [2.24, 2.45) is 0 Å². The van der Waals surface area contributed by atoms with E-state index in [1.807, 2.05) is 19.0 Å². The number of hydrogen-bond donors (Lipinski definition) is 2. The monoisotopic (exact) mass is 218 g/mol. The van der Waals surface area contributed by atoms with Crippen LogP contribution in [0.4, 0.5) is 0 Å². The van der Waals surface area contributed by atoms with Crippen molar-refractivity contribution in [1.82, 2.24) is 10.2 Å². The molecule has 0 bridgehead atoms. The summed E-state index contributed by atoms with van der Waals surface area (Å²) in [6, 6.07) is 0. The Labute approximate surface area is 91.4 Å². The van der Waals surface area contributed by atoms with Crippen LogP contribution >= 0.6 is 0 Å². The van der Waals surface area contributed by atoms with E-state index in [2.05, 4.69) is 5.32 Å². The van der Waals surface area contributed by atoms with Crippen LogP contribution in [0.25, 0.3) is 0 Å². The zero-order valence-electron chi connectivity index (χ0n) is 10.0. The first kappa shape index (κ1) is 14.3. The third-order valence-corrected chi connectivity index (χ3v) is 1.86. The molecule has 0 aliphatic rings. The van der Waals surface area contributed by atoms with Crippen molar-refractivity contribution in [2.75, 3.05) is 40.9 Å². The van der Waals surface area contributed by atoms with Gasteiger partial charge in [-0.25, -0.2) is 0 Å². The number of aliphatic hydroxyl groups is 1. The van der Waals surface area contributed by atoms with Crippen LogP contribution in [0.15, 0.2) is 0 Å². The first-order valence-electron chi connectivity index (χ1n) is 5.00. The van der Waals surface area contributed by atoms with E-state index >= 15 is 0 Å². The van der Waals surface area contributed by atoms with E-state index in [-0.39, 0.29) is 12.5 Å². The van der Waals surface area contributed by atoms with Gasteiger partial charge in [0.1, 0.15) is 0 Å². The summed E-state index contributed by atoms with van der Waals surface area (Å²) in [5.41, 5.74) is -0.897. The molecular formula is C10H22N2O3. The Morgan fingerprint density at radius 2 is 2.13 bits per heavy atom. The Hall–Kier alpha value is -0.650. The highest BCUT2D eigenvalue weighted by Gasteiger charge is 2.21. The zero-order chi connectivity index (χ0) is 11.9. The number of ether oxygens (including phenoxy) is 1. The van der Waals surface area contributed by atoms with Gasteiger partial charge in [0.15, 0.2) is 0 Å². The number of carbonyl (C=O) groups is 1. The van der Waals surface area contributed by atoms with E-state index in [1.165, 1.54) is 0 Å². The largest absolute Gasteiger partial charge is 0.387 e. The molecule has 0 spiro atoms. The number of amides is 1. The van der Waals surface area contributed by atoms with Crippen LogP contribution in [0, 0.1) is 0 Å². The second-order valence-electron chi connectivity index (χ2n) is 4.25. The van der Waals surface area contributed by atoms with Crippen LogP contribution in [0.3, 0.4) is 0 Å². The lowest BCUT2D eigenvalue weighted by Gasteiger charge is -2.27. The van der Waals surface area contributed by atoms with Crippen molar-refractivity contribution >= 4 is 5.91 Å². The average Bonchev–Trinajstić information content (AvgIpc) is 2.09. The molecule has 0 fully saturated rings. The molecule has 5 nitrogen and oxygen atoms in total. The summed E-state index contributed by atoms with van der Waals surface area (Å²) >= 11 is 0. The molecule has 0 rings (SSSR count). The fraction of sp³-hybridized carbons (Fsp3) is 0.900. The van der Waals surface area contributed by atoms with E-state index in [1.54, 1.807) is 14.0 Å². The van der Waals surface area contributed by atoms with Gasteiger partial charge in [0.05, 0.1) is 12.2 Å². The average molecular weight is 218 g/mol. The second kappa shape index (κ2) is 6.76. The minimum Gasteiger partial charge on any atom is -0.387 e. The summed E-state index contributed by atoms with van der Waals surface area (Å²) in [6.45, 7) is 2.87. The van der Waals surface area contributed by atoms with Gasteiger partial charge >= 0.3 is 0 Å². The predicted octanol–water partition coefficient (Wildman–Crippen LogP) is -0.548. The Morgan fingerprint density at radius 3 is 2.60 bits per heavy atom. The molecule has 15 heavy (non-hydrogen) atoms. The highest BCUT2D eigenvalue weighted by atomic mass is 16.5. The predicted molar refractivity (Wildman–Crippen MR) is 58.7 cm³/mol. The van der Waals surface area contributed by atoms with E-state index in [9.17, 15) is 9.90 Å². The van der Waals surface area contributed by atoms with E-state index in [0.29, 0.717) is 19.6 Å². The number of likely N-dealkylation sites (N-methyl/N-ethyl adjacent to an activating group) is 1. The molecule has 0 aliphatic carbocycles. The molecule has 0 saturated heterocycles. The smallest absolute Gasteiger partial charge is 0.222 e. The van der Waals surface area contributed by atoms with Gasteiger partial charge in [-0.2, -0.15) is 0 Å². The summed E-state index contributed by atoms with van der Waals surface area (Å²) in [4.78, 5) is 13.1. The maximum Gasteiger partial charge on any atom is 0.222 e. The molecule has 1 atom stereocenters. The van der Waals surface area contributed by atoms with E-state index < -0.39 is 5.60 Å². The van der Waals surface area contributed by atoms with Crippen molar-refractivity contribution in [3.63, 3.8) is 0 Å². The van der Waals surface area contributed by atoms with Gasteiger partial charge in [-0.1, -0.05) is 0 Å². The number of nitrogens with one attached hydrogen (secondary N) is 1. The molecule has 0 aromatic heterocycles. The Morgan fingerprint density at radius 1 is 1.53 bits per heavy atom. The highest BCUT2D eigenvalue weighted by molar-refractivity contribution is 5.76. The summed E-state index contributed by atoms with van der Waals surface area (Å²) in [5.74, 6) is -0.101. The normalized spacial score (nSPS) is 15.1. The summed E-state index contributed by atoms with van der Waals surface area (Å²) in [5, 5.41) is 12.5. The lowest BCUT2D eigenvalue weighted by molar-refractivity contribution is -0.123. The van der Waals surface area contributed by atoms with Crippen molar-refractivity contribution in [3.8, 4) is 0 Å². The summed E-state index contributed by atoms with van der Waals surface area (Å²) < 4.78 is 4.78.